The highest BCUT2D eigenvalue weighted by Gasteiger charge is 2.24. The first-order valence-electron chi connectivity index (χ1n) is 10.6. The number of anilines is 1. The van der Waals surface area contributed by atoms with E-state index in [4.69, 9.17) is 18.3 Å². The third-order valence-electron chi connectivity index (χ3n) is 5.22. The summed E-state index contributed by atoms with van der Waals surface area (Å²) in [6.07, 6.45) is 1.45. The van der Waals surface area contributed by atoms with Crippen LogP contribution in [0.5, 0.6) is 5.75 Å². The lowest BCUT2D eigenvalue weighted by molar-refractivity contribution is -0.118. The van der Waals surface area contributed by atoms with Crippen molar-refractivity contribution < 1.29 is 27.9 Å². The summed E-state index contributed by atoms with van der Waals surface area (Å²) in [6.45, 7) is 6.99. The van der Waals surface area contributed by atoms with Crippen LogP contribution < -0.4 is 15.5 Å². The van der Waals surface area contributed by atoms with Gasteiger partial charge in [0.2, 0.25) is 16.9 Å². The van der Waals surface area contributed by atoms with Crippen molar-refractivity contribution in [2.24, 2.45) is 0 Å². The van der Waals surface area contributed by atoms with Gasteiger partial charge in [0.25, 0.3) is 5.91 Å². The highest BCUT2D eigenvalue weighted by atomic mass is 32.1. The molecule has 4 rings (SSSR count). The van der Waals surface area contributed by atoms with Crippen molar-refractivity contribution in [1.29, 1.82) is 0 Å². The molecule has 176 valence electrons. The molecule has 4 aromatic rings. The van der Waals surface area contributed by atoms with E-state index in [0.717, 1.165) is 16.0 Å². The topological polar surface area (TPSA) is 108 Å². The Morgan fingerprint density at radius 1 is 1.15 bits per heavy atom. The zero-order valence-corrected chi connectivity index (χ0v) is 20.0. The van der Waals surface area contributed by atoms with E-state index < -0.39 is 23.9 Å². The summed E-state index contributed by atoms with van der Waals surface area (Å²) in [7, 11) is 0. The van der Waals surface area contributed by atoms with Gasteiger partial charge in [-0.15, -0.1) is 11.3 Å². The van der Waals surface area contributed by atoms with Crippen molar-refractivity contribution in [1.82, 2.24) is 0 Å². The van der Waals surface area contributed by atoms with Gasteiger partial charge < -0.3 is 23.6 Å². The lowest BCUT2D eigenvalue weighted by Crippen LogP contribution is -2.23. The average molecular weight is 482 g/mol. The predicted molar refractivity (Wildman–Crippen MR) is 129 cm³/mol. The smallest absolute Gasteiger partial charge is 0.341 e. The molecule has 0 fully saturated rings. The lowest BCUT2D eigenvalue weighted by atomic mass is 10.1. The van der Waals surface area contributed by atoms with E-state index in [1.165, 1.54) is 17.6 Å². The van der Waals surface area contributed by atoms with Crippen molar-refractivity contribution in [3.8, 4) is 17.3 Å². The minimum atomic E-state index is -0.541. The minimum Gasteiger partial charge on any atom is -0.476 e. The summed E-state index contributed by atoms with van der Waals surface area (Å²) in [5.74, 6) is -0.793. The Kier molecular flexibility index (Phi) is 6.56. The summed E-state index contributed by atoms with van der Waals surface area (Å²) in [6, 6.07) is 8.48. The van der Waals surface area contributed by atoms with Crippen LogP contribution in [-0.2, 0) is 9.53 Å². The summed E-state index contributed by atoms with van der Waals surface area (Å²) >= 11 is 1.27. The standard InChI is InChI=1S/C25H23NO7S/c1-5-30-25(29)20-14(3)15(4)34-24(20)26-19(27)12-32-23-21(28)16-9-8-13(2)11-18(16)33-22(23)17-7-6-10-31-17/h6-11H,5,12H2,1-4H3,(H,26,27). The first-order chi connectivity index (χ1) is 16.3. The molecule has 0 aliphatic rings. The van der Waals surface area contributed by atoms with Gasteiger partial charge in [0.15, 0.2) is 12.4 Å². The highest BCUT2D eigenvalue weighted by Crippen LogP contribution is 2.34. The molecule has 0 atom stereocenters. The van der Waals surface area contributed by atoms with Gasteiger partial charge in [0.05, 0.1) is 23.8 Å². The Hall–Kier alpha value is -3.85. The van der Waals surface area contributed by atoms with Crippen molar-refractivity contribution in [3.05, 3.63) is 68.4 Å². The highest BCUT2D eigenvalue weighted by molar-refractivity contribution is 7.16. The maximum Gasteiger partial charge on any atom is 0.341 e. The van der Waals surface area contributed by atoms with Crippen LogP contribution >= 0.6 is 11.3 Å². The second kappa shape index (κ2) is 9.56. The molecule has 0 saturated carbocycles. The van der Waals surface area contributed by atoms with Crippen LogP contribution in [0.1, 0.15) is 33.3 Å². The second-order valence-corrected chi connectivity index (χ2v) is 8.84. The van der Waals surface area contributed by atoms with Crippen LogP contribution in [0.4, 0.5) is 5.00 Å². The van der Waals surface area contributed by atoms with Crippen molar-refractivity contribution >= 4 is 39.2 Å². The van der Waals surface area contributed by atoms with E-state index in [-0.39, 0.29) is 18.1 Å². The van der Waals surface area contributed by atoms with E-state index in [2.05, 4.69) is 5.32 Å². The average Bonchev–Trinajstić information content (AvgIpc) is 3.41. The molecule has 9 heteroatoms. The quantitative estimate of drug-likeness (QED) is 0.360. The Morgan fingerprint density at radius 2 is 1.94 bits per heavy atom. The van der Waals surface area contributed by atoms with Gasteiger partial charge in [-0.05, 0) is 63.1 Å². The van der Waals surface area contributed by atoms with Crippen LogP contribution in [0.25, 0.3) is 22.5 Å². The van der Waals surface area contributed by atoms with Crippen LogP contribution in [0, 0.1) is 20.8 Å². The van der Waals surface area contributed by atoms with E-state index >= 15 is 0 Å². The molecule has 3 heterocycles. The van der Waals surface area contributed by atoms with Crippen LogP contribution in [0.15, 0.2) is 50.2 Å². The molecule has 0 aliphatic heterocycles. The van der Waals surface area contributed by atoms with Crippen molar-refractivity contribution in [3.63, 3.8) is 0 Å². The number of ether oxygens (including phenoxy) is 2. The van der Waals surface area contributed by atoms with Crippen LogP contribution in [-0.4, -0.2) is 25.1 Å². The molecule has 34 heavy (non-hydrogen) atoms. The molecule has 0 saturated heterocycles. The number of nitrogens with one attached hydrogen (secondary N) is 1. The van der Waals surface area contributed by atoms with E-state index in [1.54, 1.807) is 44.2 Å². The van der Waals surface area contributed by atoms with Crippen LogP contribution in [0.3, 0.4) is 0 Å². The second-order valence-electron chi connectivity index (χ2n) is 7.61. The number of benzene rings is 1. The number of hydrogen-bond acceptors (Lipinski definition) is 8. The lowest BCUT2D eigenvalue weighted by Gasteiger charge is -2.11. The molecule has 0 bridgehead atoms. The first kappa shape index (κ1) is 23.3. The summed E-state index contributed by atoms with van der Waals surface area (Å²) in [4.78, 5) is 39.1. The number of aryl methyl sites for hydroxylation is 2. The summed E-state index contributed by atoms with van der Waals surface area (Å²) in [5, 5.41) is 3.39. The molecule has 1 aromatic carbocycles. The van der Waals surface area contributed by atoms with Gasteiger partial charge in [-0.2, -0.15) is 0 Å². The van der Waals surface area contributed by atoms with Gasteiger partial charge in [0.1, 0.15) is 10.6 Å². The Bertz CT molecular complexity index is 1430. The van der Waals surface area contributed by atoms with Gasteiger partial charge in [-0.25, -0.2) is 4.79 Å². The van der Waals surface area contributed by atoms with E-state index in [1.807, 2.05) is 13.8 Å². The van der Waals surface area contributed by atoms with E-state index in [9.17, 15) is 14.4 Å². The predicted octanol–water partition coefficient (Wildman–Crippen LogP) is 5.23. The largest absolute Gasteiger partial charge is 0.476 e. The molecule has 1 N–H and O–H groups in total. The van der Waals surface area contributed by atoms with Crippen LogP contribution in [0.2, 0.25) is 0 Å². The number of carbonyl (C=O) groups excluding carboxylic acids is 2. The fourth-order valence-electron chi connectivity index (χ4n) is 3.45. The summed E-state index contributed by atoms with van der Waals surface area (Å²) in [5.41, 5.74) is 1.94. The number of rotatable bonds is 7. The maximum absolute atomic E-state index is 13.2. The zero-order chi connectivity index (χ0) is 24.4. The fourth-order valence-corrected chi connectivity index (χ4v) is 4.51. The van der Waals surface area contributed by atoms with Gasteiger partial charge in [-0.3, -0.25) is 9.59 Å². The molecular formula is C25H23NO7S. The maximum atomic E-state index is 13.2. The van der Waals surface area contributed by atoms with Crippen molar-refractivity contribution in [2.75, 3.05) is 18.5 Å². The number of amides is 1. The monoisotopic (exact) mass is 481 g/mol. The normalized spacial score (nSPS) is 10.9. The van der Waals surface area contributed by atoms with E-state index in [0.29, 0.717) is 27.3 Å². The molecule has 3 aromatic heterocycles. The molecule has 1 amide bonds. The SMILES string of the molecule is CCOC(=O)c1c(NC(=O)COc2c(-c3ccco3)oc3cc(C)ccc3c2=O)sc(C)c1C. The minimum absolute atomic E-state index is 0.0934. The molecule has 0 radical (unpaired) electrons. The number of furan rings is 1. The van der Waals surface area contributed by atoms with Gasteiger partial charge in [-0.1, -0.05) is 6.07 Å². The molecular weight excluding hydrogens is 458 g/mol. The Morgan fingerprint density at radius 3 is 2.65 bits per heavy atom. The third-order valence-corrected chi connectivity index (χ3v) is 6.34. The number of esters is 1. The first-order valence-corrected chi connectivity index (χ1v) is 11.4. The fraction of sp³-hybridized carbons (Fsp3) is 0.240. The Balaban J connectivity index is 1.63. The number of thiophene rings is 1. The zero-order valence-electron chi connectivity index (χ0n) is 19.1. The van der Waals surface area contributed by atoms with Gasteiger partial charge >= 0.3 is 5.97 Å². The van der Waals surface area contributed by atoms with Crippen molar-refractivity contribution in [2.45, 2.75) is 27.7 Å². The Labute approximate surface area is 199 Å². The number of hydrogen-bond donors (Lipinski definition) is 1. The number of fused-ring (bicyclic) bond motifs is 1. The molecule has 0 unspecified atom stereocenters. The van der Waals surface area contributed by atoms with Gasteiger partial charge in [0, 0.05) is 4.88 Å². The molecule has 8 nitrogen and oxygen atoms in total. The molecule has 0 aliphatic carbocycles. The summed E-state index contributed by atoms with van der Waals surface area (Å²) < 4.78 is 22.1. The number of carbonyl (C=O) groups is 2. The molecule has 0 spiro atoms. The third kappa shape index (κ3) is 4.47.